The molecular formula is C13H10FN3O2S. The first-order valence-corrected chi connectivity index (χ1v) is 6.64. The lowest BCUT2D eigenvalue weighted by Gasteiger charge is -2.03. The van der Waals surface area contributed by atoms with Crippen LogP contribution >= 0.6 is 11.3 Å². The topological polar surface area (TPSA) is 67.0 Å². The molecule has 0 aliphatic heterocycles. The number of rotatable bonds is 3. The van der Waals surface area contributed by atoms with Gasteiger partial charge in [0, 0.05) is 0 Å². The molecule has 0 fully saturated rings. The lowest BCUT2D eigenvalue weighted by atomic mass is 10.2. The number of fused-ring (bicyclic) bond motifs is 1. The van der Waals surface area contributed by atoms with Crippen molar-refractivity contribution in [2.24, 2.45) is 0 Å². The molecule has 7 heteroatoms. The van der Waals surface area contributed by atoms with Crippen molar-refractivity contribution in [2.75, 3.05) is 12.4 Å². The number of amides is 1. The molecule has 1 amide bonds. The first kappa shape index (κ1) is 12.6. The van der Waals surface area contributed by atoms with Gasteiger partial charge in [-0.3, -0.25) is 9.89 Å². The third-order valence-electron chi connectivity index (χ3n) is 2.83. The number of nitrogens with zero attached hydrogens (tertiary/aromatic N) is 1. The van der Waals surface area contributed by atoms with Gasteiger partial charge in [0.05, 0.1) is 18.0 Å². The summed E-state index contributed by atoms with van der Waals surface area (Å²) >= 11 is 1.24. The molecule has 20 heavy (non-hydrogen) atoms. The van der Waals surface area contributed by atoms with E-state index in [2.05, 4.69) is 15.5 Å². The van der Waals surface area contributed by atoms with Crippen LogP contribution in [0.25, 0.3) is 10.9 Å². The van der Waals surface area contributed by atoms with Crippen LogP contribution < -0.4 is 10.1 Å². The number of halogens is 1. The Kier molecular flexibility index (Phi) is 3.11. The Morgan fingerprint density at radius 2 is 2.30 bits per heavy atom. The van der Waals surface area contributed by atoms with Crippen LogP contribution in [0, 0.1) is 5.82 Å². The predicted molar refractivity (Wildman–Crippen MR) is 74.9 cm³/mol. The number of H-pyrrole nitrogens is 1. The monoisotopic (exact) mass is 291 g/mol. The molecule has 2 N–H and O–H groups in total. The number of hydrogen-bond donors (Lipinski definition) is 2. The highest BCUT2D eigenvalue weighted by Crippen LogP contribution is 2.27. The molecule has 0 unspecified atom stereocenters. The summed E-state index contributed by atoms with van der Waals surface area (Å²) < 4.78 is 18.9. The Morgan fingerprint density at radius 3 is 3.10 bits per heavy atom. The molecule has 3 rings (SSSR count). The predicted octanol–water partition coefficient (Wildman–Crippen LogP) is 3.02. The Morgan fingerprint density at radius 1 is 1.45 bits per heavy atom. The van der Waals surface area contributed by atoms with Gasteiger partial charge in [-0.2, -0.15) is 5.10 Å². The molecule has 0 radical (unpaired) electrons. The quantitative estimate of drug-likeness (QED) is 0.779. The third kappa shape index (κ3) is 2.01. The summed E-state index contributed by atoms with van der Waals surface area (Å²) in [5.41, 5.74) is 0.526. The Labute approximate surface area is 117 Å². The van der Waals surface area contributed by atoms with Crippen LogP contribution in [0.5, 0.6) is 5.75 Å². The van der Waals surface area contributed by atoms with E-state index in [1.165, 1.54) is 24.5 Å². The second-order valence-corrected chi connectivity index (χ2v) is 4.92. The SMILES string of the molecule is COc1ccsc1C(=O)Nc1n[nH]c2cccc(F)c12. The largest absolute Gasteiger partial charge is 0.495 e. The molecule has 1 aromatic carbocycles. The zero-order chi connectivity index (χ0) is 14.1. The summed E-state index contributed by atoms with van der Waals surface area (Å²) in [6.07, 6.45) is 0. The summed E-state index contributed by atoms with van der Waals surface area (Å²) in [6, 6.07) is 6.28. The molecule has 0 aliphatic carbocycles. The van der Waals surface area contributed by atoms with E-state index in [1.54, 1.807) is 23.6 Å². The molecule has 5 nitrogen and oxygen atoms in total. The van der Waals surface area contributed by atoms with E-state index in [9.17, 15) is 9.18 Å². The van der Waals surface area contributed by atoms with Crippen LogP contribution in [0.3, 0.4) is 0 Å². The minimum absolute atomic E-state index is 0.165. The average Bonchev–Trinajstić information content (AvgIpc) is 3.06. The van der Waals surface area contributed by atoms with Gasteiger partial charge in [-0.1, -0.05) is 6.07 Å². The highest BCUT2D eigenvalue weighted by atomic mass is 32.1. The molecule has 0 saturated carbocycles. The lowest BCUT2D eigenvalue weighted by Crippen LogP contribution is -2.12. The van der Waals surface area contributed by atoms with Crippen molar-refractivity contribution in [3.8, 4) is 5.75 Å². The number of benzene rings is 1. The lowest BCUT2D eigenvalue weighted by molar-refractivity contribution is 0.102. The van der Waals surface area contributed by atoms with E-state index in [0.29, 0.717) is 16.1 Å². The minimum atomic E-state index is -0.440. The maximum Gasteiger partial charge on any atom is 0.270 e. The molecule has 2 aromatic heterocycles. The van der Waals surface area contributed by atoms with Gasteiger partial charge in [0.15, 0.2) is 5.82 Å². The van der Waals surface area contributed by atoms with Crippen molar-refractivity contribution < 1.29 is 13.9 Å². The number of aromatic amines is 1. The number of nitrogens with one attached hydrogen (secondary N) is 2. The number of methoxy groups -OCH3 is 1. The van der Waals surface area contributed by atoms with Crippen LogP contribution in [0.1, 0.15) is 9.67 Å². The fourth-order valence-corrected chi connectivity index (χ4v) is 2.66. The Bertz CT molecular complexity index is 781. The van der Waals surface area contributed by atoms with Crippen molar-refractivity contribution in [2.45, 2.75) is 0 Å². The van der Waals surface area contributed by atoms with Gasteiger partial charge in [0.2, 0.25) is 0 Å². The highest BCUT2D eigenvalue weighted by Gasteiger charge is 2.17. The van der Waals surface area contributed by atoms with Crippen molar-refractivity contribution in [3.05, 3.63) is 40.3 Å². The smallest absolute Gasteiger partial charge is 0.270 e. The Hall–Kier alpha value is -2.41. The number of hydrogen-bond acceptors (Lipinski definition) is 4. The zero-order valence-corrected chi connectivity index (χ0v) is 11.3. The molecule has 2 heterocycles. The third-order valence-corrected chi connectivity index (χ3v) is 3.72. The number of aromatic nitrogens is 2. The van der Waals surface area contributed by atoms with Crippen LogP contribution in [0.2, 0.25) is 0 Å². The van der Waals surface area contributed by atoms with Gasteiger partial charge < -0.3 is 10.1 Å². The standard InChI is InChI=1S/C13H10FN3O2S/c1-19-9-5-6-20-11(9)13(18)15-12-10-7(14)3-2-4-8(10)16-17-12/h2-6H,1H3,(H2,15,16,17,18). The van der Waals surface area contributed by atoms with Gasteiger partial charge >= 0.3 is 0 Å². The molecule has 0 bridgehead atoms. The van der Waals surface area contributed by atoms with Crippen LogP contribution in [-0.2, 0) is 0 Å². The van der Waals surface area contributed by atoms with Gasteiger partial charge in [0.1, 0.15) is 16.4 Å². The second kappa shape index (κ2) is 4.93. The van der Waals surface area contributed by atoms with E-state index in [0.717, 1.165) is 0 Å². The van der Waals surface area contributed by atoms with E-state index in [1.807, 2.05) is 0 Å². The summed E-state index contributed by atoms with van der Waals surface area (Å²) in [6.45, 7) is 0. The van der Waals surface area contributed by atoms with E-state index >= 15 is 0 Å². The summed E-state index contributed by atoms with van der Waals surface area (Å²) in [7, 11) is 1.49. The maximum atomic E-state index is 13.8. The second-order valence-electron chi connectivity index (χ2n) is 4.01. The molecular weight excluding hydrogens is 281 g/mol. The normalized spacial score (nSPS) is 10.7. The molecule has 0 atom stereocenters. The van der Waals surface area contributed by atoms with Crippen molar-refractivity contribution in [1.82, 2.24) is 10.2 Å². The van der Waals surface area contributed by atoms with Crippen molar-refractivity contribution >= 4 is 34.0 Å². The van der Waals surface area contributed by atoms with Gasteiger partial charge in [-0.05, 0) is 23.6 Å². The number of thiophene rings is 1. The molecule has 102 valence electrons. The van der Waals surface area contributed by atoms with Crippen molar-refractivity contribution in [1.29, 1.82) is 0 Å². The molecule has 0 aliphatic rings. The van der Waals surface area contributed by atoms with Gasteiger partial charge in [0.25, 0.3) is 5.91 Å². The highest BCUT2D eigenvalue weighted by molar-refractivity contribution is 7.12. The molecule has 0 spiro atoms. The summed E-state index contributed by atoms with van der Waals surface area (Å²) in [4.78, 5) is 12.6. The zero-order valence-electron chi connectivity index (χ0n) is 10.4. The minimum Gasteiger partial charge on any atom is -0.495 e. The Balaban J connectivity index is 1.96. The van der Waals surface area contributed by atoms with E-state index in [-0.39, 0.29) is 17.1 Å². The number of carbonyl (C=O) groups is 1. The number of ether oxygens (including phenoxy) is 1. The maximum absolute atomic E-state index is 13.8. The van der Waals surface area contributed by atoms with E-state index < -0.39 is 5.82 Å². The summed E-state index contributed by atoms with van der Waals surface area (Å²) in [5, 5.41) is 11.2. The number of carbonyl (C=O) groups excluding carboxylic acids is 1. The molecule has 3 aromatic rings. The fourth-order valence-electron chi connectivity index (χ4n) is 1.91. The van der Waals surface area contributed by atoms with Crippen LogP contribution in [0.4, 0.5) is 10.2 Å². The first-order valence-electron chi connectivity index (χ1n) is 5.76. The summed E-state index contributed by atoms with van der Waals surface area (Å²) in [5.74, 6) is -0.176. The van der Waals surface area contributed by atoms with Crippen LogP contribution in [-0.4, -0.2) is 23.2 Å². The van der Waals surface area contributed by atoms with Crippen molar-refractivity contribution in [3.63, 3.8) is 0 Å². The van der Waals surface area contributed by atoms with Gasteiger partial charge in [-0.25, -0.2) is 4.39 Å². The van der Waals surface area contributed by atoms with Gasteiger partial charge in [-0.15, -0.1) is 11.3 Å². The fraction of sp³-hybridized carbons (Fsp3) is 0.0769. The van der Waals surface area contributed by atoms with E-state index in [4.69, 9.17) is 4.74 Å². The number of anilines is 1. The van der Waals surface area contributed by atoms with Crippen LogP contribution in [0.15, 0.2) is 29.6 Å². The average molecular weight is 291 g/mol. The molecule has 0 saturated heterocycles. The first-order chi connectivity index (χ1) is 9.70.